The fourth-order valence-corrected chi connectivity index (χ4v) is 2.30. The molecule has 0 atom stereocenters. The molecule has 2 aromatic carbocycles. The number of phenolic OH excluding ortho intramolecular Hbond substituents is 1. The molecule has 0 unspecified atom stereocenters. The minimum atomic E-state index is 0.148. The molecule has 102 valence electrons. The molecule has 0 bridgehead atoms. The number of phenols is 1. The lowest BCUT2D eigenvalue weighted by molar-refractivity contribution is 0.290. The number of aromatic amines is 1. The maximum absolute atomic E-state index is 9.69. The summed E-state index contributed by atoms with van der Waals surface area (Å²) in [5.74, 6) is 0.631. The lowest BCUT2D eigenvalue weighted by Gasteiger charge is -2.07. The number of hydrogen-bond acceptors (Lipinski definition) is 3. The summed E-state index contributed by atoms with van der Waals surface area (Å²) >= 11 is 0. The number of rotatable bonds is 4. The van der Waals surface area contributed by atoms with Gasteiger partial charge in [0.2, 0.25) is 0 Å². The second-order valence-corrected chi connectivity index (χ2v) is 4.61. The van der Waals surface area contributed by atoms with Crippen molar-refractivity contribution in [2.45, 2.75) is 13.2 Å². The molecule has 0 radical (unpaired) electrons. The van der Waals surface area contributed by atoms with Gasteiger partial charge in [-0.2, -0.15) is 0 Å². The van der Waals surface area contributed by atoms with Crippen molar-refractivity contribution in [1.29, 1.82) is 0 Å². The van der Waals surface area contributed by atoms with E-state index in [4.69, 9.17) is 10.5 Å². The van der Waals surface area contributed by atoms with Crippen LogP contribution in [0.25, 0.3) is 10.9 Å². The Morgan fingerprint density at radius 1 is 1.05 bits per heavy atom. The molecule has 0 aliphatic carbocycles. The van der Waals surface area contributed by atoms with Gasteiger partial charge in [-0.05, 0) is 17.7 Å². The van der Waals surface area contributed by atoms with Crippen molar-refractivity contribution in [2.24, 2.45) is 5.73 Å². The molecule has 3 rings (SSSR count). The van der Waals surface area contributed by atoms with E-state index in [1.54, 1.807) is 18.2 Å². The van der Waals surface area contributed by atoms with E-state index in [2.05, 4.69) is 4.98 Å². The van der Waals surface area contributed by atoms with Gasteiger partial charge in [-0.15, -0.1) is 0 Å². The van der Waals surface area contributed by atoms with Crippen LogP contribution in [0.2, 0.25) is 0 Å². The van der Waals surface area contributed by atoms with E-state index < -0.39 is 0 Å². The number of benzene rings is 2. The largest absolute Gasteiger partial charge is 0.504 e. The van der Waals surface area contributed by atoms with Crippen LogP contribution in [0.5, 0.6) is 11.5 Å². The zero-order valence-corrected chi connectivity index (χ0v) is 11.0. The summed E-state index contributed by atoms with van der Waals surface area (Å²) in [6.07, 6.45) is 1.92. The van der Waals surface area contributed by atoms with Gasteiger partial charge in [0.1, 0.15) is 6.61 Å². The highest BCUT2D eigenvalue weighted by Gasteiger charge is 2.08. The Bertz CT molecular complexity index is 734. The third-order valence-corrected chi connectivity index (χ3v) is 3.36. The van der Waals surface area contributed by atoms with E-state index in [-0.39, 0.29) is 5.75 Å². The maximum atomic E-state index is 9.69. The molecule has 0 spiro atoms. The van der Waals surface area contributed by atoms with Gasteiger partial charge < -0.3 is 20.6 Å². The van der Waals surface area contributed by atoms with Gasteiger partial charge in [0.05, 0.1) is 5.52 Å². The first-order valence-corrected chi connectivity index (χ1v) is 6.48. The summed E-state index contributed by atoms with van der Waals surface area (Å²) in [5.41, 5.74) is 8.89. The number of nitrogens with two attached hydrogens (primary N) is 1. The Labute approximate surface area is 116 Å². The highest BCUT2D eigenvalue weighted by molar-refractivity contribution is 5.86. The second kappa shape index (κ2) is 5.27. The number of nitrogens with one attached hydrogen (secondary N) is 1. The highest BCUT2D eigenvalue weighted by atomic mass is 16.5. The first-order chi connectivity index (χ1) is 9.79. The smallest absolute Gasteiger partial charge is 0.161 e. The predicted molar refractivity (Wildman–Crippen MR) is 78.6 cm³/mol. The van der Waals surface area contributed by atoms with Crippen LogP contribution in [-0.2, 0) is 13.2 Å². The van der Waals surface area contributed by atoms with Crippen LogP contribution in [-0.4, -0.2) is 10.1 Å². The van der Waals surface area contributed by atoms with Gasteiger partial charge in [0.15, 0.2) is 11.5 Å². The topological polar surface area (TPSA) is 71.3 Å². The van der Waals surface area contributed by atoms with Crippen LogP contribution in [0, 0.1) is 0 Å². The number of fused-ring (bicyclic) bond motifs is 1. The van der Waals surface area contributed by atoms with E-state index >= 15 is 0 Å². The molecule has 4 N–H and O–H groups in total. The summed E-state index contributed by atoms with van der Waals surface area (Å²) in [6, 6.07) is 13.0. The van der Waals surface area contributed by atoms with E-state index in [1.165, 1.54) is 0 Å². The van der Waals surface area contributed by atoms with Crippen LogP contribution in [0.1, 0.15) is 11.1 Å². The van der Waals surface area contributed by atoms with Crippen molar-refractivity contribution in [3.8, 4) is 11.5 Å². The van der Waals surface area contributed by atoms with Crippen molar-refractivity contribution in [1.82, 2.24) is 4.98 Å². The van der Waals surface area contributed by atoms with Crippen LogP contribution >= 0.6 is 0 Å². The predicted octanol–water partition coefficient (Wildman–Crippen LogP) is 2.91. The summed E-state index contributed by atoms with van der Waals surface area (Å²) in [6.45, 7) is 0.892. The normalized spacial score (nSPS) is 10.8. The third kappa shape index (κ3) is 2.21. The molecule has 0 aliphatic heterocycles. The fourth-order valence-electron chi connectivity index (χ4n) is 2.30. The fraction of sp³-hybridized carbons (Fsp3) is 0.125. The average molecular weight is 268 g/mol. The standard InChI is InChI=1S/C16H16N2O2/c17-8-11-4-3-5-13-12(9-18-16(11)13)10-20-15-7-2-1-6-14(15)19/h1-7,9,18-19H,8,10,17H2. The molecule has 1 heterocycles. The lowest BCUT2D eigenvalue weighted by atomic mass is 10.1. The summed E-state index contributed by atoms with van der Waals surface area (Å²) in [5, 5.41) is 10.8. The molecule has 4 nitrogen and oxygen atoms in total. The third-order valence-electron chi connectivity index (χ3n) is 3.36. The van der Waals surface area contributed by atoms with Crippen molar-refractivity contribution >= 4 is 10.9 Å². The molecule has 1 aromatic heterocycles. The Kier molecular flexibility index (Phi) is 3.31. The summed E-state index contributed by atoms with van der Waals surface area (Å²) < 4.78 is 5.66. The molecule has 0 saturated carbocycles. The average Bonchev–Trinajstić information content (AvgIpc) is 2.89. The monoisotopic (exact) mass is 268 g/mol. The van der Waals surface area contributed by atoms with E-state index in [0.29, 0.717) is 18.9 Å². The summed E-state index contributed by atoms with van der Waals surface area (Å²) in [4.78, 5) is 3.24. The highest BCUT2D eigenvalue weighted by Crippen LogP contribution is 2.27. The number of ether oxygens (including phenoxy) is 1. The van der Waals surface area contributed by atoms with E-state index in [9.17, 15) is 5.11 Å². The van der Waals surface area contributed by atoms with Gasteiger partial charge in [-0.25, -0.2) is 0 Å². The Morgan fingerprint density at radius 2 is 1.90 bits per heavy atom. The quantitative estimate of drug-likeness (QED) is 0.681. The minimum Gasteiger partial charge on any atom is -0.504 e. The number of aromatic hydroxyl groups is 1. The second-order valence-electron chi connectivity index (χ2n) is 4.61. The molecular formula is C16H16N2O2. The van der Waals surface area contributed by atoms with Gasteiger partial charge in [0, 0.05) is 23.7 Å². The van der Waals surface area contributed by atoms with Gasteiger partial charge in [0.25, 0.3) is 0 Å². The molecular weight excluding hydrogens is 252 g/mol. The molecule has 4 heteroatoms. The number of H-pyrrole nitrogens is 1. The van der Waals surface area contributed by atoms with Gasteiger partial charge >= 0.3 is 0 Å². The van der Waals surface area contributed by atoms with Crippen LogP contribution in [0.4, 0.5) is 0 Å². The summed E-state index contributed by atoms with van der Waals surface area (Å²) in [7, 11) is 0. The molecule has 0 fully saturated rings. The minimum absolute atomic E-state index is 0.148. The molecule has 0 amide bonds. The first-order valence-electron chi connectivity index (χ1n) is 6.48. The van der Waals surface area contributed by atoms with Crippen LogP contribution < -0.4 is 10.5 Å². The molecule has 3 aromatic rings. The van der Waals surface area contributed by atoms with Gasteiger partial charge in [-0.1, -0.05) is 30.3 Å². The van der Waals surface area contributed by atoms with Crippen LogP contribution in [0.15, 0.2) is 48.7 Å². The van der Waals surface area contributed by atoms with Crippen molar-refractivity contribution < 1.29 is 9.84 Å². The SMILES string of the molecule is NCc1cccc2c(COc3ccccc3O)c[nH]c12. The Hall–Kier alpha value is -2.46. The lowest BCUT2D eigenvalue weighted by Crippen LogP contribution is -1.97. The molecule has 20 heavy (non-hydrogen) atoms. The van der Waals surface area contributed by atoms with Gasteiger partial charge in [-0.3, -0.25) is 0 Å². The Morgan fingerprint density at radius 3 is 2.70 bits per heavy atom. The zero-order valence-electron chi connectivity index (χ0n) is 11.0. The molecule has 0 aliphatic rings. The van der Waals surface area contributed by atoms with Crippen molar-refractivity contribution in [2.75, 3.05) is 0 Å². The van der Waals surface area contributed by atoms with E-state index in [0.717, 1.165) is 22.0 Å². The van der Waals surface area contributed by atoms with Crippen molar-refractivity contribution in [3.05, 3.63) is 59.8 Å². The maximum Gasteiger partial charge on any atom is 0.161 e. The number of aromatic nitrogens is 1. The Balaban J connectivity index is 1.87. The number of hydrogen-bond donors (Lipinski definition) is 3. The van der Waals surface area contributed by atoms with Crippen molar-refractivity contribution in [3.63, 3.8) is 0 Å². The first kappa shape index (κ1) is 12.6. The zero-order chi connectivity index (χ0) is 13.9. The van der Waals surface area contributed by atoms with Crippen LogP contribution in [0.3, 0.4) is 0 Å². The number of para-hydroxylation sites is 3. The molecule has 0 saturated heterocycles. The van der Waals surface area contributed by atoms with E-state index in [1.807, 2.05) is 30.5 Å².